The highest BCUT2D eigenvalue weighted by Crippen LogP contribution is 2.26. The van der Waals surface area contributed by atoms with E-state index in [1.807, 2.05) is 6.92 Å². The second-order valence-corrected chi connectivity index (χ2v) is 5.37. The van der Waals surface area contributed by atoms with Crippen LogP contribution in [0.25, 0.3) is 0 Å². The highest BCUT2D eigenvalue weighted by Gasteiger charge is 2.19. The summed E-state index contributed by atoms with van der Waals surface area (Å²) in [5, 5.41) is 14.3. The fraction of sp³-hybridized carbons (Fsp3) is 0.857. The summed E-state index contributed by atoms with van der Waals surface area (Å²) in [5.41, 5.74) is 0. The van der Waals surface area contributed by atoms with Crippen molar-refractivity contribution in [2.45, 2.75) is 64.3 Å². The Morgan fingerprint density at radius 3 is 2.58 bits per heavy atom. The van der Waals surface area contributed by atoms with E-state index in [9.17, 15) is 9.59 Å². The first-order valence-corrected chi connectivity index (χ1v) is 7.40. The van der Waals surface area contributed by atoms with Gasteiger partial charge in [0.1, 0.15) is 6.04 Å². The summed E-state index contributed by atoms with van der Waals surface area (Å²) in [7, 11) is 0. The third kappa shape index (κ3) is 6.45. The van der Waals surface area contributed by atoms with Crippen molar-refractivity contribution in [3.8, 4) is 0 Å². The molecule has 1 aliphatic carbocycles. The lowest BCUT2D eigenvalue weighted by Gasteiger charge is -2.15. The van der Waals surface area contributed by atoms with Crippen molar-refractivity contribution >= 4 is 12.0 Å². The van der Waals surface area contributed by atoms with E-state index in [1.54, 1.807) is 0 Å². The molecule has 19 heavy (non-hydrogen) atoms. The van der Waals surface area contributed by atoms with Crippen LogP contribution in [0, 0.1) is 5.92 Å². The number of hydrogen-bond acceptors (Lipinski definition) is 2. The Kier molecular flexibility index (Phi) is 7.30. The third-order valence-electron chi connectivity index (χ3n) is 3.76. The molecule has 0 spiro atoms. The molecule has 0 aliphatic heterocycles. The van der Waals surface area contributed by atoms with Crippen LogP contribution in [0.5, 0.6) is 0 Å². The van der Waals surface area contributed by atoms with Crippen LogP contribution >= 0.6 is 0 Å². The van der Waals surface area contributed by atoms with Gasteiger partial charge in [-0.1, -0.05) is 45.4 Å². The molecule has 1 rings (SSSR count). The normalized spacial score (nSPS) is 17.1. The number of carboxylic acid groups (broad SMARTS) is 1. The molecule has 0 heterocycles. The number of urea groups is 1. The predicted octanol–water partition coefficient (Wildman–Crippen LogP) is 2.51. The van der Waals surface area contributed by atoms with Gasteiger partial charge in [0.25, 0.3) is 0 Å². The standard InChI is InChI=1S/C14H26N2O3/c1-2-3-8-12(13(17)18)16-14(19)15-10-9-11-6-4-5-7-11/h11-12H,2-10H2,1H3,(H,17,18)(H2,15,16,19). The van der Waals surface area contributed by atoms with Crippen molar-refractivity contribution < 1.29 is 14.7 Å². The highest BCUT2D eigenvalue weighted by atomic mass is 16.4. The van der Waals surface area contributed by atoms with Crippen molar-refractivity contribution in [1.82, 2.24) is 10.6 Å². The Bertz CT molecular complexity index is 288. The number of aliphatic carboxylic acids is 1. The van der Waals surface area contributed by atoms with Crippen LogP contribution in [-0.2, 0) is 4.79 Å². The molecule has 0 aromatic rings. The van der Waals surface area contributed by atoms with E-state index in [-0.39, 0.29) is 6.03 Å². The number of carbonyl (C=O) groups is 2. The molecule has 0 radical (unpaired) electrons. The highest BCUT2D eigenvalue weighted by molar-refractivity contribution is 5.82. The fourth-order valence-electron chi connectivity index (χ4n) is 2.56. The van der Waals surface area contributed by atoms with Crippen LogP contribution in [0.3, 0.4) is 0 Å². The van der Waals surface area contributed by atoms with Gasteiger partial charge in [-0.2, -0.15) is 0 Å². The third-order valence-corrected chi connectivity index (χ3v) is 3.76. The van der Waals surface area contributed by atoms with Crippen molar-refractivity contribution in [2.24, 2.45) is 5.92 Å². The van der Waals surface area contributed by atoms with Gasteiger partial charge >= 0.3 is 12.0 Å². The van der Waals surface area contributed by atoms with Crippen LogP contribution in [0.2, 0.25) is 0 Å². The largest absolute Gasteiger partial charge is 0.480 e. The molecule has 1 aliphatic rings. The molecule has 5 nitrogen and oxygen atoms in total. The summed E-state index contributed by atoms with van der Waals surface area (Å²) in [5.74, 6) is -0.227. The monoisotopic (exact) mass is 270 g/mol. The van der Waals surface area contributed by atoms with E-state index >= 15 is 0 Å². The van der Waals surface area contributed by atoms with Gasteiger partial charge < -0.3 is 15.7 Å². The van der Waals surface area contributed by atoms with E-state index < -0.39 is 12.0 Å². The zero-order chi connectivity index (χ0) is 14.1. The van der Waals surface area contributed by atoms with E-state index in [2.05, 4.69) is 10.6 Å². The van der Waals surface area contributed by atoms with E-state index in [1.165, 1.54) is 25.7 Å². The maximum atomic E-state index is 11.6. The maximum absolute atomic E-state index is 11.6. The molecule has 0 saturated heterocycles. The number of hydrogen-bond donors (Lipinski definition) is 3. The van der Waals surface area contributed by atoms with Gasteiger partial charge in [0.05, 0.1) is 0 Å². The first-order valence-electron chi connectivity index (χ1n) is 7.40. The molecular formula is C14H26N2O3. The molecule has 2 amide bonds. The lowest BCUT2D eigenvalue weighted by atomic mass is 10.0. The molecule has 1 unspecified atom stereocenters. The number of amides is 2. The Morgan fingerprint density at radius 1 is 1.32 bits per heavy atom. The Hall–Kier alpha value is -1.26. The topological polar surface area (TPSA) is 78.4 Å². The molecule has 110 valence electrons. The zero-order valence-electron chi connectivity index (χ0n) is 11.8. The van der Waals surface area contributed by atoms with Gasteiger partial charge in [0.15, 0.2) is 0 Å². The summed E-state index contributed by atoms with van der Waals surface area (Å²) >= 11 is 0. The van der Waals surface area contributed by atoms with Gasteiger partial charge in [-0.15, -0.1) is 0 Å². The molecule has 5 heteroatoms. The smallest absolute Gasteiger partial charge is 0.326 e. The van der Waals surface area contributed by atoms with Gasteiger partial charge in [-0.3, -0.25) is 0 Å². The predicted molar refractivity (Wildman–Crippen MR) is 74.1 cm³/mol. The molecular weight excluding hydrogens is 244 g/mol. The molecule has 1 saturated carbocycles. The fourth-order valence-corrected chi connectivity index (χ4v) is 2.56. The minimum Gasteiger partial charge on any atom is -0.480 e. The number of carboxylic acids is 1. The zero-order valence-corrected chi connectivity index (χ0v) is 11.8. The second kappa shape index (κ2) is 8.77. The summed E-state index contributed by atoms with van der Waals surface area (Å²) in [4.78, 5) is 22.6. The Morgan fingerprint density at radius 2 is 2.00 bits per heavy atom. The molecule has 0 aromatic heterocycles. The van der Waals surface area contributed by atoms with Crippen molar-refractivity contribution in [3.63, 3.8) is 0 Å². The molecule has 1 atom stereocenters. The molecule has 3 N–H and O–H groups in total. The van der Waals surface area contributed by atoms with Gasteiger partial charge in [0.2, 0.25) is 0 Å². The van der Waals surface area contributed by atoms with Gasteiger partial charge in [-0.25, -0.2) is 9.59 Å². The van der Waals surface area contributed by atoms with E-state index in [4.69, 9.17) is 5.11 Å². The van der Waals surface area contributed by atoms with Crippen LogP contribution in [0.4, 0.5) is 4.79 Å². The summed E-state index contributed by atoms with van der Waals surface area (Å²) in [6, 6.07) is -1.13. The van der Waals surface area contributed by atoms with Crippen LogP contribution < -0.4 is 10.6 Å². The van der Waals surface area contributed by atoms with Gasteiger partial charge in [-0.05, 0) is 18.8 Å². The number of rotatable bonds is 8. The Labute approximate surface area is 115 Å². The number of unbranched alkanes of at least 4 members (excludes halogenated alkanes) is 1. The summed E-state index contributed by atoms with van der Waals surface area (Å²) in [6.07, 6.45) is 8.34. The quantitative estimate of drug-likeness (QED) is 0.634. The minimum atomic E-state index is -0.959. The second-order valence-electron chi connectivity index (χ2n) is 5.37. The van der Waals surface area contributed by atoms with Crippen LogP contribution in [0.1, 0.15) is 58.3 Å². The molecule has 0 bridgehead atoms. The molecule has 0 aromatic carbocycles. The maximum Gasteiger partial charge on any atom is 0.326 e. The lowest BCUT2D eigenvalue weighted by Crippen LogP contribution is -2.46. The summed E-state index contributed by atoms with van der Waals surface area (Å²) < 4.78 is 0. The first-order chi connectivity index (χ1) is 9.13. The van der Waals surface area contributed by atoms with Crippen molar-refractivity contribution in [1.29, 1.82) is 0 Å². The average Bonchev–Trinajstić information content (AvgIpc) is 2.87. The number of carbonyl (C=O) groups excluding carboxylic acids is 1. The van der Waals surface area contributed by atoms with E-state index in [0.29, 0.717) is 13.0 Å². The van der Waals surface area contributed by atoms with Gasteiger partial charge in [0, 0.05) is 6.54 Å². The first kappa shape index (κ1) is 15.8. The van der Waals surface area contributed by atoms with Crippen molar-refractivity contribution in [2.75, 3.05) is 6.54 Å². The van der Waals surface area contributed by atoms with E-state index in [0.717, 1.165) is 25.2 Å². The van der Waals surface area contributed by atoms with Crippen molar-refractivity contribution in [3.05, 3.63) is 0 Å². The lowest BCUT2D eigenvalue weighted by molar-refractivity contribution is -0.139. The average molecular weight is 270 g/mol. The number of nitrogens with one attached hydrogen (secondary N) is 2. The SMILES string of the molecule is CCCCC(NC(=O)NCCC1CCCC1)C(=O)O. The molecule has 1 fully saturated rings. The summed E-state index contributed by atoms with van der Waals surface area (Å²) in [6.45, 7) is 2.64. The Balaban J connectivity index is 2.17. The minimum absolute atomic E-state index is 0.360. The van der Waals surface area contributed by atoms with Crippen LogP contribution in [-0.4, -0.2) is 29.7 Å². The van der Waals surface area contributed by atoms with Crippen LogP contribution in [0.15, 0.2) is 0 Å².